The number of thioether (sulfide) groups is 1. The first kappa shape index (κ1) is 7.43. The molecule has 0 saturated carbocycles. The number of hydrogen-bond acceptors (Lipinski definition) is 3. The van der Waals surface area contributed by atoms with Crippen molar-refractivity contribution < 1.29 is 4.42 Å². The zero-order valence-corrected chi connectivity index (χ0v) is 7.12. The number of nitrogens with zero attached hydrogens (tertiary/aromatic N) is 1. The van der Waals surface area contributed by atoms with E-state index >= 15 is 0 Å². The summed E-state index contributed by atoms with van der Waals surface area (Å²) in [6.45, 7) is 0. The van der Waals surface area contributed by atoms with E-state index in [9.17, 15) is 0 Å². The summed E-state index contributed by atoms with van der Waals surface area (Å²) in [4.78, 5) is 5.09. The number of aromatic nitrogens is 1. The maximum absolute atomic E-state index is 5.16. The molecular weight excluding hydrogens is 170 g/mol. The molecule has 0 spiro atoms. The van der Waals surface area contributed by atoms with Crippen LogP contribution in [0.1, 0.15) is 5.89 Å². The van der Waals surface area contributed by atoms with Gasteiger partial charge < -0.3 is 4.42 Å². The Kier molecular flexibility index (Phi) is 2.14. The number of oxazole rings is 1. The summed E-state index contributed by atoms with van der Waals surface area (Å²) in [6, 6.07) is 0. The fourth-order valence-electron chi connectivity index (χ4n) is 0.871. The van der Waals surface area contributed by atoms with E-state index in [1.807, 2.05) is 29.7 Å². The lowest BCUT2D eigenvalue weighted by Gasteiger charge is -1.94. The molecule has 12 heavy (non-hydrogen) atoms. The first-order valence-corrected chi connectivity index (χ1v) is 4.45. The van der Waals surface area contributed by atoms with Crippen molar-refractivity contribution in [2.24, 2.45) is 0 Å². The van der Waals surface area contributed by atoms with E-state index in [0.717, 1.165) is 4.91 Å². The third kappa shape index (κ3) is 1.51. The highest BCUT2D eigenvalue weighted by Crippen LogP contribution is 2.28. The van der Waals surface area contributed by atoms with Gasteiger partial charge >= 0.3 is 0 Å². The van der Waals surface area contributed by atoms with Crippen molar-refractivity contribution in [2.75, 3.05) is 0 Å². The van der Waals surface area contributed by atoms with Gasteiger partial charge in [-0.25, -0.2) is 4.98 Å². The Bertz CT molecular complexity index is 335. The third-order valence-electron chi connectivity index (χ3n) is 1.39. The second-order valence-electron chi connectivity index (χ2n) is 2.20. The van der Waals surface area contributed by atoms with Gasteiger partial charge in [-0.3, -0.25) is 0 Å². The van der Waals surface area contributed by atoms with Gasteiger partial charge in [0, 0.05) is 0 Å². The molecule has 1 aromatic heterocycles. The Hall–Kier alpha value is -1.22. The van der Waals surface area contributed by atoms with Crippen molar-refractivity contribution in [3.8, 4) is 0 Å². The van der Waals surface area contributed by atoms with Crippen molar-refractivity contribution in [3.05, 3.63) is 48.1 Å². The Morgan fingerprint density at radius 2 is 2.25 bits per heavy atom. The summed E-state index contributed by atoms with van der Waals surface area (Å²) in [6.07, 6.45) is 11.1. The fraction of sp³-hybridized carbons (Fsp3) is 0. The first-order valence-electron chi connectivity index (χ1n) is 3.57. The van der Waals surface area contributed by atoms with Crippen molar-refractivity contribution in [1.29, 1.82) is 0 Å². The molecule has 0 amide bonds. The van der Waals surface area contributed by atoms with Crippen LogP contribution in [-0.2, 0) is 0 Å². The van der Waals surface area contributed by atoms with E-state index in [1.165, 1.54) is 0 Å². The molecule has 1 aliphatic heterocycles. The zero-order valence-electron chi connectivity index (χ0n) is 6.31. The molecule has 0 N–H and O–H groups in total. The quantitative estimate of drug-likeness (QED) is 0.659. The van der Waals surface area contributed by atoms with Gasteiger partial charge in [0.15, 0.2) is 0 Å². The maximum atomic E-state index is 5.16. The lowest BCUT2D eigenvalue weighted by atomic mass is 10.4. The van der Waals surface area contributed by atoms with Crippen molar-refractivity contribution in [2.45, 2.75) is 0 Å². The summed E-state index contributed by atoms with van der Waals surface area (Å²) < 4.78 is 5.16. The van der Waals surface area contributed by atoms with Crippen molar-refractivity contribution in [3.63, 3.8) is 0 Å². The van der Waals surface area contributed by atoms with E-state index in [0.29, 0.717) is 5.89 Å². The van der Waals surface area contributed by atoms with Gasteiger partial charge in [-0.2, -0.15) is 0 Å². The van der Waals surface area contributed by atoms with E-state index in [-0.39, 0.29) is 0 Å². The molecule has 0 atom stereocenters. The number of hydrogen-bond donors (Lipinski definition) is 0. The lowest BCUT2D eigenvalue weighted by molar-refractivity contribution is 0.545. The van der Waals surface area contributed by atoms with Crippen LogP contribution in [0.4, 0.5) is 0 Å². The molecule has 0 unspecified atom stereocenters. The van der Waals surface area contributed by atoms with Gasteiger partial charge in [-0.15, -0.1) is 0 Å². The summed E-state index contributed by atoms with van der Waals surface area (Å²) >= 11 is 1.60. The predicted molar refractivity (Wildman–Crippen MR) is 50.4 cm³/mol. The maximum Gasteiger partial charge on any atom is 0.232 e. The van der Waals surface area contributed by atoms with Crippen molar-refractivity contribution in [1.82, 2.24) is 4.98 Å². The largest absolute Gasteiger partial charge is 0.444 e. The average Bonchev–Trinajstić information content (AvgIpc) is 2.48. The molecule has 1 aliphatic rings. The molecule has 0 bridgehead atoms. The van der Waals surface area contributed by atoms with Gasteiger partial charge in [-0.1, -0.05) is 30.0 Å². The fourth-order valence-corrected chi connectivity index (χ4v) is 1.55. The van der Waals surface area contributed by atoms with Crippen LogP contribution in [0.2, 0.25) is 0 Å². The van der Waals surface area contributed by atoms with Crippen LogP contribution >= 0.6 is 11.8 Å². The predicted octanol–water partition coefficient (Wildman–Crippen LogP) is 2.83. The highest BCUT2D eigenvalue weighted by atomic mass is 32.2. The normalized spacial score (nSPS) is 15.8. The smallest absolute Gasteiger partial charge is 0.232 e. The molecule has 2 rings (SSSR count). The average molecular weight is 177 g/mol. The van der Waals surface area contributed by atoms with E-state index in [4.69, 9.17) is 4.42 Å². The second kappa shape index (κ2) is 3.45. The van der Waals surface area contributed by atoms with Crippen LogP contribution < -0.4 is 0 Å². The van der Waals surface area contributed by atoms with E-state index < -0.39 is 0 Å². The van der Waals surface area contributed by atoms with E-state index in [1.54, 1.807) is 24.2 Å². The number of allylic oxidation sites excluding steroid dienone is 4. The Balaban J connectivity index is 2.30. The van der Waals surface area contributed by atoms with Gasteiger partial charge in [0.1, 0.15) is 6.26 Å². The van der Waals surface area contributed by atoms with Gasteiger partial charge in [0.05, 0.1) is 11.1 Å². The Morgan fingerprint density at radius 3 is 3.08 bits per heavy atom. The third-order valence-corrected chi connectivity index (χ3v) is 2.24. The molecule has 2 heterocycles. The minimum Gasteiger partial charge on any atom is -0.444 e. The lowest BCUT2D eigenvalue weighted by Crippen LogP contribution is -1.75. The molecule has 3 heteroatoms. The van der Waals surface area contributed by atoms with Gasteiger partial charge in [0.2, 0.25) is 5.89 Å². The van der Waals surface area contributed by atoms with Gasteiger partial charge in [0.25, 0.3) is 0 Å². The first-order chi connectivity index (χ1) is 5.97. The summed E-state index contributed by atoms with van der Waals surface area (Å²) in [7, 11) is 0. The summed E-state index contributed by atoms with van der Waals surface area (Å²) in [5.74, 6) is 0.677. The molecule has 0 radical (unpaired) electrons. The molecule has 0 aromatic carbocycles. The summed E-state index contributed by atoms with van der Waals surface area (Å²) in [5.41, 5.74) is 0. The van der Waals surface area contributed by atoms with Crippen LogP contribution in [0.25, 0.3) is 4.91 Å². The van der Waals surface area contributed by atoms with Crippen LogP contribution in [0.5, 0.6) is 0 Å². The van der Waals surface area contributed by atoms with Crippen LogP contribution in [0, 0.1) is 0 Å². The standard InChI is InChI=1S/C9H7NOS/c1-2-4-8(12-7-3-1)9-10-5-6-11-9/h1-7H. The Labute approximate surface area is 74.7 Å². The van der Waals surface area contributed by atoms with Crippen LogP contribution in [-0.4, -0.2) is 4.98 Å². The molecule has 0 saturated heterocycles. The molecule has 1 aromatic rings. The molecule has 0 aliphatic carbocycles. The van der Waals surface area contributed by atoms with Crippen molar-refractivity contribution >= 4 is 16.7 Å². The van der Waals surface area contributed by atoms with E-state index in [2.05, 4.69) is 4.98 Å². The molecule has 60 valence electrons. The van der Waals surface area contributed by atoms with Crippen LogP contribution in [0.15, 0.2) is 46.6 Å². The summed E-state index contributed by atoms with van der Waals surface area (Å²) in [5, 5.41) is 2.00. The minimum absolute atomic E-state index is 0.677. The Morgan fingerprint density at radius 1 is 1.25 bits per heavy atom. The molecular formula is C9H7NOS. The highest BCUT2D eigenvalue weighted by Gasteiger charge is 2.04. The second-order valence-corrected chi connectivity index (χ2v) is 3.15. The highest BCUT2D eigenvalue weighted by molar-refractivity contribution is 8.10. The number of rotatable bonds is 1. The minimum atomic E-state index is 0.677. The van der Waals surface area contributed by atoms with Gasteiger partial charge in [-0.05, 0) is 11.5 Å². The monoisotopic (exact) mass is 177 g/mol. The van der Waals surface area contributed by atoms with Crippen LogP contribution in [0.3, 0.4) is 0 Å². The SMILES string of the molecule is C1=CC=C(c2ncco2)SC=C1. The molecule has 0 fully saturated rings. The zero-order chi connectivity index (χ0) is 8.23. The molecule has 2 nitrogen and oxygen atoms in total. The topological polar surface area (TPSA) is 26.0 Å².